The lowest BCUT2D eigenvalue weighted by Crippen LogP contribution is -2.47. The number of amides is 1. The van der Waals surface area contributed by atoms with E-state index in [2.05, 4.69) is 24.8 Å². The highest BCUT2D eigenvalue weighted by atomic mass is 16.3. The van der Waals surface area contributed by atoms with Crippen LogP contribution in [0.1, 0.15) is 67.1 Å². The van der Waals surface area contributed by atoms with Crippen molar-refractivity contribution >= 4 is 5.91 Å². The minimum atomic E-state index is 0.00984. The van der Waals surface area contributed by atoms with E-state index in [1.807, 2.05) is 4.90 Å². The van der Waals surface area contributed by atoms with Crippen LogP contribution in [0.25, 0.3) is 0 Å². The first-order chi connectivity index (χ1) is 11.7. The Hall–Kier alpha value is -1.61. The maximum Gasteiger partial charge on any atom is 0.246 e. The number of hydrogen-bond acceptors (Lipinski definition) is 2. The van der Waals surface area contributed by atoms with E-state index in [0.29, 0.717) is 12.5 Å². The lowest BCUT2D eigenvalue weighted by atomic mass is 9.79. The molecule has 4 rings (SSSR count). The van der Waals surface area contributed by atoms with Crippen LogP contribution in [0, 0.1) is 5.92 Å². The molecule has 0 unspecified atom stereocenters. The molecule has 0 saturated heterocycles. The Kier molecular flexibility index (Phi) is 4.21. The summed E-state index contributed by atoms with van der Waals surface area (Å²) < 4.78 is 0. The molecular weight excluding hydrogens is 298 g/mol. The van der Waals surface area contributed by atoms with Crippen LogP contribution in [0.3, 0.4) is 0 Å². The van der Waals surface area contributed by atoms with Crippen molar-refractivity contribution in [2.75, 3.05) is 6.61 Å². The van der Waals surface area contributed by atoms with Crippen molar-refractivity contribution in [1.82, 2.24) is 4.90 Å². The number of aliphatic hydroxyl groups excluding tert-OH is 1. The first-order valence-corrected chi connectivity index (χ1v) is 9.36. The van der Waals surface area contributed by atoms with Crippen LogP contribution in [0.15, 0.2) is 30.9 Å². The highest BCUT2D eigenvalue weighted by Crippen LogP contribution is 2.49. The van der Waals surface area contributed by atoms with E-state index in [0.717, 1.165) is 24.7 Å². The molecule has 0 bridgehead atoms. The summed E-state index contributed by atoms with van der Waals surface area (Å²) in [5.74, 6) is 1.91. The molecule has 24 heavy (non-hydrogen) atoms. The summed E-state index contributed by atoms with van der Waals surface area (Å²) >= 11 is 0. The molecule has 3 heteroatoms. The lowest BCUT2D eigenvalue weighted by Gasteiger charge is -2.42. The van der Waals surface area contributed by atoms with Crippen molar-refractivity contribution in [3.05, 3.63) is 47.5 Å². The van der Waals surface area contributed by atoms with Crippen molar-refractivity contribution in [2.45, 2.75) is 62.9 Å². The molecule has 3 aliphatic carbocycles. The minimum Gasteiger partial charge on any atom is -0.396 e. The minimum absolute atomic E-state index is 0.00984. The van der Waals surface area contributed by atoms with Crippen molar-refractivity contribution in [3.8, 4) is 0 Å². The second kappa shape index (κ2) is 6.36. The highest BCUT2D eigenvalue weighted by molar-refractivity contribution is 5.87. The second-order valence-corrected chi connectivity index (χ2v) is 7.86. The summed E-state index contributed by atoms with van der Waals surface area (Å²) in [7, 11) is 0. The van der Waals surface area contributed by atoms with Gasteiger partial charge in [0.2, 0.25) is 5.91 Å². The molecule has 3 aliphatic rings. The lowest BCUT2D eigenvalue weighted by molar-refractivity contribution is -0.132. The standard InChI is InChI=1S/C21H27NO2/c1-2-21(24)22(18-9-15(10-18)13-23)12-14-3-8-19(16-4-5-16)20(11-14)17-6-7-17/h2-3,8,11,15-18,23H,1,4-7,9-10,12-13H2. The number of benzene rings is 1. The van der Waals surface area contributed by atoms with Gasteiger partial charge >= 0.3 is 0 Å². The Morgan fingerprint density at radius 3 is 2.42 bits per heavy atom. The number of hydrogen-bond donors (Lipinski definition) is 1. The third-order valence-corrected chi connectivity index (χ3v) is 5.91. The van der Waals surface area contributed by atoms with E-state index in [9.17, 15) is 9.90 Å². The van der Waals surface area contributed by atoms with Crippen LogP contribution in [-0.4, -0.2) is 28.6 Å². The molecule has 0 aliphatic heterocycles. The molecule has 3 nitrogen and oxygen atoms in total. The Morgan fingerprint density at radius 1 is 1.17 bits per heavy atom. The van der Waals surface area contributed by atoms with Gasteiger partial charge in [-0.25, -0.2) is 0 Å². The number of aliphatic hydroxyl groups is 1. The molecule has 1 amide bonds. The monoisotopic (exact) mass is 325 g/mol. The summed E-state index contributed by atoms with van der Waals surface area (Å²) in [5.41, 5.74) is 4.35. The van der Waals surface area contributed by atoms with Gasteiger partial charge in [0.15, 0.2) is 0 Å². The Labute approximate surface area is 144 Å². The Balaban J connectivity index is 1.52. The first kappa shape index (κ1) is 15.9. The molecule has 3 saturated carbocycles. The topological polar surface area (TPSA) is 40.5 Å². The van der Waals surface area contributed by atoms with Gasteiger partial charge in [-0.1, -0.05) is 24.8 Å². The second-order valence-electron chi connectivity index (χ2n) is 7.86. The zero-order chi connectivity index (χ0) is 16.7. The average Bonchev–Trinajstić information content (AvgIpc) is 3.44. The summed E-state index contributed by atoms with van der Waals surface area (Å²) in [6, 6.07) is 7.14. The van der Waals surface area contributed by atoms with E-state index >= 15 is 0 Å². The Bertz CT molecular complexity index is 639. The molecule has 1 aromatic rings. The fourth-order valence-electron chi connectivity index (χ4n) is 4.04. The largest absolute Gasteiger partial charge is 0.396 e. The predicted molar refractivity (Wildman–Crippen MR) is 94.7 cm³/mol. The molecule has 0 atom stereocenters. The zero-order valence-corrected chi connectivity index (χ0v) is 14.3. The van der Waals surface area contributed by atoms with Gasteiger partial charge < -0.3 is 10.0 Å². The SMILES string of the molecule is C=CC(=O)N(Cc1ccc(C2CC2)c(C2CC2)c1)C1CC(CO)C1. The highest BCUT2D eigenvalue weighted by Gasteiger charge is 2.36. The van der Waals surface area contributed by atoms with Gasteiger partial charge in [0.05, 0.1) is 0 Å². The van der Waals surface area contributed by atoms with Gasteiger partial charge in [-0.15, -0.1) is 0 Å². The molecule has 0 aromatic heterocycles. The van der Waals surface area contributed by atoms with Gasteiger partial charge in [-0.2, -0.15) is 0 Å². The van der Waals surface area contributed by atoms with Crippen LogP contribution in [0.4, 0.5) is 0 Å². The molecule has 0 radical (unpaired) electrons. The molecule has 3 fully saturated rings. The molecule has 1 N–H and O–H groups in total. The van der Waals surface area contributed by atoms with Gasteiger partial charge in [-0.3, -0.25) is 4.79 Å². The average molecular weight is 325 g/mol. The summed E-state index contributed by atoms with van der Waals surface area (Å²) in [6.07, 6.45) is 8.55. The fraction of sp³-hybridized carbons (Fsp3) is 0.571. The first-order valence-electron chi connectivity index (χ1n) is 9.36. The number of nitrogens with zero attached hydrogens (tertiary/aromatic N) is 1. The predicted octanol–water partition coefficient (Wildman–Crippen LogP) is 3.73. The van der Waals surface area contributed by atoms with Crippen LogP contribution < -0.4 is 0 Å². The normalized spacial score (nSPS) is 25.9. The van der Waals surface area contributed by atoms with E-state index in [4.69, 9.17) is 0 Å². The van der Waals surface area contributed by atoms with Crippen molar-refractivity contribution < 1.29 is 9.90 Å². The number of rotatable bonds is 7. The van der Waals surface area contributed by atoms with Crippen LogP contribution in [0.5, 0.6) is 0 Å². The molecule has 0 heterocycles. The number of carbonyl (C=O) groups excluding carboxylic acids is 1. The van der Waals surface area contributed by atoms with Gasteiger partial charge in [0, 0.05) is 19.2 Å². The maximum atomic E-state index is 12.3. The molecular formula is C21H27NO2. The van der Waals surface area contributed by atoms with Crippen LogP contribution in [0.2, 0.25) is 0 Å². The molecule has 0 spiro atoms. The van der Waals surface area contributed by atoms with Crippen LogP contribution >= 0.6 is 0 Å². The molecule has 1 aromatic carbocycles. The van der Waals surface area contributed by atoms with Gasteiger partial charge in [0.1, 0.15) is 0 Å². The summed E-state index contributed by atoms with van der Waals surface area (Å²) in [6.45, 7) is 4.56. The van der Waals surface area contributed by atoms with Crippen molar-refractivity contribution in [2.24, 2.45) is 5.92 Å². The van der Waals surface area contributed by atoms with E-state index in [-0.39, 0.29) is 18.6 Å². The quantitative estimate of drug-likeness (QED) is 0.776. The molecule has 128 valence electrons. The van der Waals surface area contributed by atoms with E-state index in [1.165, 1.54) is 37.3 Å². The van der Waals surface area contributed by atoms with Crippen molar-refractivity contribution in [1.29, 1.82) is 0 Å². The maximum absolute atomic E-state index is 12.3. The van der Waals surface area contributed by atoms with Gasteiger partial charge in [0.25, 0.3) is 0 Å². The smallest absolute Gasteiger partial charge is 0.246 e. The van der Waals surface area contributed by atoms with E-state index < -0.39 is 0 Å². The Morgan fingerprint density at radius 2 is 1.83 bits per heavy atom. The van der Waals surface area contributed by atoms with E-state index in [1.54, 1.807) is 11.1 Å². The third kappa shape index (κ3) is 3.14. The summed E-state index contributed by atoms with van der Waals surface area (Å²) in [4.78, 5) is 14.3. The van der Waals surface area contributed by atoms with Crippen molar-refractivity contribution in [3.63, 3.8) is 0 Å². The number of carbonyl (C=O) groups is 1. The third-order valence-electron chi connectivity index (χ3n) is 5.91. The van der Waals surface area contributed by atoms with Gasteiger partial charge in [-0.05, 0) is 79.0 Å². The van der Waals surface area contributed by atoms with Crippen LogP contribution in [-0.2, 0) is 11.3 Å². The summed E-state index contributed by atoms with van der Waals surface area (Å²) in [5, 5.41) is 9.24. The fourth-order valence-corrected chi connectivity index (χ4v) is 4.04. The zero-order valence-electron chi connectivity index (χ0n) is 14.3.